The SMILES string of the molecule is C=C(C)CCC[C@]1(C)OC(=O)[C@]23[C@@H](O)C=C4[C@@H](CC[C@H]5C(C)(C)[C@@H](O[C@@H]6OC[C@@H](O[C@H]7O[C@H](CO)[C@@H](O)[C@H](O[C@@H]8O[C@H](CO)[C@@H](O)[C@H](OC)[C@H]8O)[C@H]7O)[C@H](O)[C@H]6OC6O[C@H](C)[C@@H](O[C@@H]7O[C@H](CO)[C@@H](O)[C@H](O[C@@H]8O[C@H](CO)[C@@H](O)[C@H](OC)[C@H]8O)[C@H]7O)[C@H](O)[C@H]6O)CC[C@]45C)[C@]2(C)CC[C@@H]31. The molecule has 32 nitrogen and oxygen atoms in total. The first kappa shape index (κ1) is 77.8. The van der Waals surface area contributed by atoms with Gasteiger partial charge in [-0.1, -0.05) is 44.9 Å². The number of hydrogen-bond acceptors (Lipinski definition) is 32. The van der Waals surface area contributed by atoms with Gasteiger partial charge in [0.25, 0.3) is 0 Å². The Hall–Kier alpha value is -2.25. The van der Waals surface area contributed by atoms with E-state index in [-0.39, 0.29) is 23.7 Å². The van der Waals surface area contributed by atoms with Gasteiger partial charge in [-0.3, -0.25) is 4.79 Å². The number of aliphatic hydroxyl groups is 16. The average Bonchev–Trinajstić information content (AvgIpc) is 1.50. The van der Waals surface area contributed by atoms with Gasteiger partial charge < -0.3 is 153 Å². The lowest BCUT2D eigenvalue weighted by molar-refractivity contribution is -0.397. The first-order valence-corrected chi connectivity index (χ1v) is 34.8. The molecule has 99 heavy (non-hydrogen) atoms. The summed E-state index contributed by atoms with van der Waals surface area (Å²) in [7, 11) is 2.36. The number of allylic oxidation sites excluding steroid dienone is 2. The monoisotopic (exact) mass is 1420 g/mol. The van der Waals surface area contributed by atoms with Crippen molar-refractivity contribution in [2.24, 2.45) is 39.4 Å². The van der Waals surface area contributed by atoms with E-state index in [1.807, 2.05) is 19.9 Å². The lowest BCUT2D eigenvalue weighted by Crippen LogP contribution is -2.67. The first-order valence-electron chi connectivity index (χ1n) is 34.8. The summed E-state index contributed by atoms with van der Waals surface area (Å²) in [4.78, 5) is 14.6. The molecule has 0 radical (unpaired) electrons. The molecule has 10 fully saturated rings. The molecule has 11 aliphatic rings. The number of rotatable bonds is 22. The van der Waals surface area contributed by atoms with E-state index in [2.05, 4.69) is 34.3 Å². The number of carbonyl (C=O) groups is 1. The van der Waals surface area contributed by atoms with Gasteiger partial charge in [-0.05, 0) is 107 Å². The quantitative estimate of drug-likeness (QED) is 0.0278. The van der Waals surface area contributed by atoms with Crippen LogP contribution >= 0.6 is 0 Å². The van der Waals surface area contributed by atoms with Gasteiger partial charge in [0.15, 0.2) is 37.7 Å². The molecule has 568 valence electrons. The van der Waals surface area contributed by atoms with Gasteiger partial charge in [-0.15, -0.1) is 6.58 Å². The molecule has 3 saturated carbocycles. The highest BCUT2D eigenvalue weighted by molar-refractivity contribution is 5.84. The molecule has 0 bridgehead atoms. The van der Waals surface area contributed by atoms with Crippen LogP contribution in [0.25, 0.3) is 0 Å². The van der Waals surface area contributed by atoms with Gasteiger partial charge in [-0.25, -0.2) is 0 Å². The molecule has 11 rings (SSSR count). The molecule has 7 heterocycles. The van der Waals surface area contributed by atoms with Crippen LogP contribution in [0, 0.1) is 39.4 Å². The van der Waals surface area contributed by atoms with Crippen molar-refractivity contribution in [1.82, 2.24) is 0 Å². The highest BCUT2D eigenvalue weighted by Crippen LogP contribution is 2.76. The molecule has 32 heteroatoms. The second kappa shape index (κ2) is 30.2. The van der Waals surface area contributed by atoms with Crippen LogP contribution in [-0.4, -0.2) is 331 Å². The van der Waals surface area contributed by atoms with E-state index in [1.54, 1.807) is 0 Å². The average molecular weight is 1430 g/mol. The Labute approximate surface area is 574 Å². The Morgan fingerprint density at radius 3 is 1.51 bits per heavy atom. The zero-order valence-corrected chi connectivity index (χ0v) is 57.5. The highest BCUT2D eigenvalue weighted by atomic mass is 16.8. The zero-order valence-electron chi connectivity index (χ0n) is 57.5. The number of aliphatic hydroxyl groups excluding tert-OH is 16. The summed E-state index contributed by atoms with van der Waals surface area (Å²) in [6, 6.07) is 0. The molecule has 4 aliphatic carbocycles. The van der Waals surface area contributed by atoms with Crippen molar-refractivity contribution in [3.63, 3.8) is 0 Å². The predicted octanol–water partition coefficient (Wildman–Crippen LogP) is -4.11. The standard InChI is InChI=1S/C67H108O32/c1-26(2)12-11-17-66(8)36-15-19-65(7)28-13-14-35-63(4,5)38(16-18-64(35,6)29(28)20-37(72)67(36,65)62(84)99-66)94-61-55(43(77)34(25-87-61)93-57-48(82)53(41(75)32(23-70)89-57)96-58-46(80)51(85-9)39(73)30(21-68)90-58)98-56-45(79)44(78)50(27(3)88-56)95-60-49(83)54(42(76)33(24-71)92-60)97-59-47(81)52(86-10)40(74)31(22-69)91-59/h20,27-28,30-61,68-83H,1,11-19,21-25H2,2-10H3/t27-,28-,30-,31-,32-,33-,34-,35+,36-,37+,38+,39-,40-,41-,42-,43+,44-,45-,46-,47-,48-,49-,50-,51+,52+,53+,54+,55-,56?,57-,58+,59+,60+,61+,64-,65+,66+,67+/m1/s1. The van der Waals surface area contributed by atoms with E-state index in [0.29, 0.717) is 32.1 Å². The molecule has 0 aromatic carbocycles. The van der Waals surface area contributed by atoms with Crippen molar-refractivity contribution in [1.29, 1.82) is 0 Å². The number of carbonyl (C=O) groups excluding carboxylic acids is 1. The summed E-state index contributed by atoms with van der Waals surface area (Å²) in [6.07, 6.45) is -43.0. The Balaban J connectivity index is 0.839. The number of cyclic esters (lactones) is 1. The van der Waals surface area contributed by atoms with Crippen LogP contribution in [0.3, 0.4) is 0 Å². The number of ether oxygens (including phenoxy) is 15. The van der Waals surface area contributed by atoms with Gasteiger partial charge >= 0.3 is 5.97 Å². The lowest BCUT2D eigenvalue weighted by Gasteiger charge is -2.64. The maximum absolute atomic E-state index is 14.6. The van der Waals surface area contributed by atoms with Gasteiger partial charge in [-0.2, -0.15) is 0 Å². The fourth-order valence-corrected chi connectivity index (χ4v) is 19.3. The summed E-state index contributed by atoms with van der Waals surface area (Å²) in [5.74, 6) is -0.690. The Morgan fingerprint density at radius 1 is 0.525 bits per heavy atom. The summed E-state index contributed by atoms with van der Waals surface area (Å²) < 4.78 is 90.2. The van der Waals surface area contributed by atoms with Crippen molar-refractivity contribution in [3.05, 3.63) is 23.8 Å². The Bertz CT molecular complexity index is 2790. The van der Waals surface area contributed by atoms with E-state index in [9.17, 15) is 86.5 Å². The number of hydrogen-bond donors (Lipinski definition) is 16. The Kier molecular flexibility index (Phi) is 23.7. The Morgan fingerprint density at radius 2 is 1.00 bits per heavy atom. The van der Waals surface area contributed by atoms with Crippen LogP contribution in [0.2, 0.25) is 0 Å². The highest BCUT2D eigenvalue weighted by Gasteiger charge is 2.79. The molecule has 1 unspecified atom stereocenters. The molecule has 7 saturated heterocycles. The number of methoxy groups -OCH3 is 2. The zero-order chi connectivity index (χ0) is 72.1. The minimum absolute atomic E-state index is 0.0512. The lowest BCUT2D eigenvalue weighted by atomic mass is 9.40. The van der Waals surface area contributed by atoms with E-state index < -0.39 is 251 Å². The predicted molar refractivity (Wildman–Crippen MR) is 332 cm³/mol. The number of esters is 1. The van der Waals surface area contributed by atoms with Crippen molar-refractivity contribution in [3.8, 4) is 0 Å². The topological polar surface area (TPSA) is 479 Å². The molecule has 38 atom stereocenters. The second-order valence-corrected chi connectivity index (χ2v) is 30.7. The van der Waals surface area contributed by atoms with Crippen LogP contribution in [0.5, 0.6) is 0 Å². The smallest absolute Gasteiger partial charge is 0.316 e. The summed E-state index contributed by atoms with van der Waals surface area (Å²) in [6.45, 7) is 14.2. The first-order chi connectivity index (χ1) is 46.8. The van der Waals surface area contributed by atoms with Gasteiger partial charge in [0.2, 0.25) is 0 Å². The molecule has 0 aromatic heterocycles. The van der Waals surface area contributed by atoms with Gasteiger partial charge in [0.05, 0.1) is 51.3 Å². The summed E-state index contributed by atoms with van der Waals surface area (Å²) in [5.41, 5.74) is -1.58. The molecular formula is C67H108O32. The van der Waals surface area contributed by atoms with E-state index >= 15 is 0 Å². The van der Waals surface area contributed by atoms with E-state index in [4.69, 9.17) is 71.1 Å². The maximum atomic E-state index is 14.6. The van der Waals surface area contributed by atoms with E-state index in [0.717, 1.165) is 36.8 Å². The molecule has 7 aliphatic heterocycles. The molecular weight excluding hydrogens is 1320 g/mol. The minimum Gasteiger partial charge on any atom is -0.459 e. The molecule has 0 amide bonds. The van der Waals surface area contributed by atoms with Crippen LogP contribution in [0.15, 0.2) is 23.8 Å². The van der Waals surface area contributed by atoms with Crippen molar-refractivity contribution >= 4 is 5.97 Å². The fourth-order valence-electron chi connectivity index (χ4n) is 19.3. The van der Waals surface area contributed by atoms with Crippen molar-refractivity contribution in [2.45, 2.75) is 302 Å². The minimum atomic E-state index is -2.08. The van der Waals surface area contributed by atoms with Gasteiger partial charge in [0.1, 0.15) is 145 Å². The third-order valence-corrected chi connectivity index (χ3v) is 24.7. The van der Waals surface area contributed by atoms with Crippen LogP contribution in [-0.2, 0) is 75.8 Å². The van der Waals surface area contributed by atoms with Crippen molar-refractivity contribution < 1.29 is 158 Å². The molecule has 0 aromatic rings. The molecule has 16 N–H and O–H groups in total. The largest absolute Gasteiger partial charge is 0.459 e. The van der Waals surface area contributed by atoms with Crippen LogP contribution < -0.4 is 0 Å². The third-order valence-electron chi connectivity index (χ3n) is 24.7. The van der Waals surface area contributed by atoms with Gasteiger partial charge in [0, 0.05) is 20.1 Å². The second-order valence-electron chi connectivity index (χ2n) is 30.7. The fraction of sp³-hybridized carbons (Fsp3) is 0.925. The molecule has 1 spiro atoms. The summed E-state index contributed by atoms with van der Waals surface area (Å²) >= 11 is 0. The summed E-state index contributed by atoms with van der Waals surface area (Å²) in [5, 5.41) is 180. The van der Waals surface area contributed by atoms with Crippen molar-refractivity contribution in [2.75, 3.05) is 47.3 Å². The van der Waals surface area contributed by atoms with Crippen LogP contribution in [0.4, 0.5) is 0 Å². The number of fused-ring (bicyclic) bond motifs is 4. The normalized spacial score (nSPS) is 52.8. The van der Waals surface area contributed by atoms with Crippen LogP contribution in [0.1, 0.15) is 106 Å². The maximum Gasteiger partial charge on any atom is 0.316 e. The van der Waals surface area contributed by atoms with E-state index in [1.165, 1.54) is 21.1 Å². The third kappa shape index (κ3) is 13.4.